The van der Waals surface area contributed by atoms with Gasteiger partial charge in [-0.25, -0.2) is 4.39 Å². The van der Waals surface area contributed by atoms with Crippen molar-refractivity contribution in [2.45, 2.75) is 26.8 Å². The summed E-state index contributed by atoms with van der Waals surface area (Å²) in [5.41, 5.74) is 10.3. The number of hydrogen-bond acceptors (Lipinski definition) is 2. The first-order chi connectivity index (χ1) is 8.40. The Morgan fingerprint density at radius 3 is 2.11 bits per heavy atom. The standard InChI is InChI=1S/C14H15BrFNS/c1-7-4-10(16)5-8(2)12(7)13(17)11-6-9(3)14(15)18-11/h4-6,13H,17H2,1-3H3. The third-order valence-corrected chi connectivity index (χ3v) is 5.27. The van der Waals surface area contributed by atoms with Crippen molar-refractivity contribution in [3.05, 3.63) is 54.9 Å². The Labute approximate surface area is 119 Å². The lowest BCUT2D eigenvalue weighted by Gasteiger charge is -2.16. The van der Waals surface area contributed by atoms with Crippen LogP contribution in [0, 0.1) is 26.6 Å². The molecule has 2 aromatic rings. The first kappa shape index (κ1) is 13.7. The Kier molecular flexibility index (Phi) is 3.90. The van der Waals surface area contributed by atoms with Gasteiger partial charge in [-0.15, -0.1) is 11.3 Å². The number of rotatable bonds is 2. The molecule has 0 saturated carbocycles. The van der Waals surface area contributed by atoms with Crippen molar-refractivity contribution in [3.63, 3.8) is 0 Å². The van der Waals surface area contributed by atoms with E-state index in [0.717, 1.165) is 25.4 Å². The molecule has 0 saturated heterocycles. The molecule has 0 radical (unpaired) electrons. The lowest BCUT2D eigenvalue weighted by Crippen LogP contribution is -2.13. The van der Waals surface area contributed by atoms with Crippen LogP contribution in [0.4, 0.5) is 4.39 Å². The summed E-state index contributed by atoms with van der Waals surface area (Å²) in [6.45, 7) is 5.85. The molecular formula is C14H15BrFNS. The minimum absolute atomic E-state index is 0.194. The zero-order chi connectivity index (χ0) is 13.4. The molecule has 4 heteroatoms. The summed E-state index contributed by atoms with van der Waals surface area (Å²) in [6.07, 6.45) is 0. The third-order valence-electron chi connectivity index (χ3n) is 3.05. The molecule has 0 bridgehead atoms. The molecule has 96 valence electrons. The molecule has 1 heterocycles. The molecule has 2 rings (SSSR count). The maximum absolute atomic E-state index is 13.3. The molecule has 0 spiro atoms. The van der Waals surface area contributed by atoms with Crippen LogP contribution in [0.3, 0.4) is 0 Å². The predicted molar refractivity (Wildman–Crippen MR) is 78.7 cm³/mol. The Hall–Kier alpha value is -0.710. The number of halogens is 2. The van der Waals surface area contributed by atoms with Gasteiger partial charge in [0.2, 0.25) is 0 Å². The van der Waals surface area contributed by atoms with Gasteiger partial charge in [0, 0.05) is 4.88 Å². The van der Waals surface area contributed by atoms with E-state index in [1.807, 2.05) is 20.8 Å². The van der Waals surface area contributed by atoms with Crippen LogP contribution >= 0.6 is 27.3 Å². The number of aryl methyl sites for hydroxylation is 3. The largest absolute Gasteiger partial charge is 0.320 e. The Morgan fingerprint density at radius 2 is 1.67 bits per heavy atom. The molecule has 0 aliphatic carbocycles. The number of nitrogens with two attached hydrogens (primary N) is 1. The quantitative estimate of drug-likeness (QED) is 0.855. The van der Waals surface area contributed by atoms with Crippen molar-refractivity contribution in [2.75, 3.05) is 0 Å². The number of hydrogen-bond donors (Lipinski definition) is 1. The molecule has 1 aromatic heterocycles. The van der Waals surface area contributed by atoms with E-state index in [1.165, 1.54) is 17.7 Å². The van der Waals surface area contributed by atoms with Gasteiger partial charge in [0.1, 0.15) is 5.82 Å². The summed E-state index contributed by atoms with van der Waals surface area (Å²) >= 11 is 5.15. The van der Waals surface area contributed by atoms with Gasteiger partial charge in [-0.05, 0) is 77.2 Å². The normalized spacial score (nSPS) is 12.8. The zero-order valence-electron chi connectivity index (χ0n) is 10.6. The van der Waals surface area contributed by atoms with Gasteiger partial charge in [-0.3, -0.25) is 0 Å². The fourth-order valence-electron chi connectivity index (χ4n) is 2.19. The molecule has 0 fully saturated rings. The smallest absolute Gasteiger partial charge is 0.123 e. The summed E-state index contributed by atoms with van der Waals surface area (Å²) < 4.78 is 14.4. The van der Waals surface area contributed by atoms with Crippen LogP contribution in [0.25, 0.3) is 0 Å². The summed E-state index contributed by atoms with van der Waals surface area (Å²) in [7, 11) is 0. The second-order valence-electron chi connectivity index (χ2n) is 4.54. The van der Waals surface area contributed by atoms with Gasteiger partial charge in [-0.2, -0.15) is 0 Å². The highest BCUT2D eigenvalue weighted by Gasteiger charge is 2.17. The molecular weight excluding hydrogens is 313 g/mol. The summed E-state index contributed by atoms with van der Waals surface area (Å²) in [6, 6.07) is 4.97. The van der Waals surface area contributed by atoms with E-state index in [4.69, 9.17) is 5.73 Å². The van der Waals surface area contributed by atoms with Gasteiger partial charge >= 0.3 is 0 Å². The average Bonchev–Trinajstić information content (AvgIpc) is 2.57. The van der Waals surface area contributed by atoms with Crippen LogP contribution in [0.15, 0.2) is 22.0 Å². The van der Waals surface area contributed by atoms with Crippen molar-refractivity contribution in [2.24, 2.45) is 5.73 Å². The van der Waals surface area contributed by atoms with Gasteiger partial charge in [0.15, 0.2) is 0 Å². The van der Waals surface area contributed by atoms with Gasteiger partial charge in [-0.1, -0.05) is 0 Å². The second-order valence-corrected chi connectivity index (χ2v) is 6.94. The first-order valence-corrected chi connectivity index (χ1v) is 7.29. The van der Waals surface area contributed by atoms with E-state index in [-0.39, 0.29) is 11.9 Å². The predicted octanol–water partition coefficient (Wildman–Crippen LogP) is 4.62. The molecule has 18 heavy (non-hydrogen) atoms. The van der Waals surface area contributed by atoms with Crippen LogP contribution < -0.4 is 5.73 Å². The highest BCUT2D eigenvalue weighted by molar-refractivity contribution is 9.11. The Morgan fingerprint density at radius 1 is 1.11 bits per heavy atom. The van der Waals surface area contributed by atoms with E-state index in [9.17, 15) is 4.39 Å². The summed E-state index contributed by atoms with van der Waals surface area (Å²) in [5.74, 6) is -0.204. The van der Waals surface area contributed by atoms with Crippen LogP contribution in [0.1, 0.15) is 33.2 Å². The molecule has 2 N–H and O–H groups in total. The summed E-state index contributed by atoms with van der Waals surface area (Å²) in [5, 5.41) is 0. The van der Waals surface area contributed by atoms with Gasteiger partial charge in [0.05, 0.1) is 9.83 Å². The van der Waals surface area contributed by atoms with Crippen LogP contribution in [-0.2, 0) is 0 Å². The minimum Gasteiger partial charge on any atom is -0.320 e. The molecule has 1 unspecified atom stereocenters. The van der Waals surface area contributed by atoms with Crippen molar-refractivity contribution >= 4 is 27.3 Å². The van der Waals surface area contributed by atoms with E-state index >= 15 is 0 Å². The van der Waals surface area contributed by atoms with Crippen molar-refractivity contribution in [3.8, 4) is 0 Å². The van der Waals surface area contributed by atoms with Crippen LogP contribution in [0.2, 0.25) is 0 Å². The van der Waals surface area contributed by atoms with Gasteiger partial charge < -0.3 is 5.73 Å². The Bertz CT molecular complexity index is 549. The number of benzene rings is 1. The molecule has 1 nitrogen and oxygen atoms in total. The lowest BCUT2D eigenvalue weighted by molar-refractivity contribution is 0.623. The maximum Gasteiger partial charge on any atom is 0.123 e. The Balaban J connectivity index is 2.49. The fourth-order valence-corrected chi connectivity index (χ4v) is 3.77. The monoisotopic (exact) mass is 327 g/mol. The molecule has 0 aliphatic heterocycles. The average molecular weight is 328 g/mol. The molecule has 0 amide bonds. The third kappa shape index (κ3) is 2.51. The van der Waals surface area contributed by atoms with E-state index < -0.39 is 0 Å². The van der Waals surface area contributed by atoms with Crippen molar-refractivity contribution in [1.29, 1.82) is 0 Å². The maximum atomic E-state index is 13.3. The van der Waals surface area contributed by atoms with E-state index in [1.54, 1.807) is 11.3 Å². The van der Waals surface area contributed by atoms with E-state index in [2.05, 4.69) is 22.0 Å². The highest BCUT2D eigenvalue weighted by atomic mass is 79.9. The van der Waals surface area contributed by atoms with Gasteiger partial charge in [0.25, 0.3) is 0 Å². The minimum atomic E-state index is -0.204. The van der Waals surface area contributed by atoms with Crippen LogP contribution in [0.5, 0.6) is 0 Å². The first-order valence-electron chi connectivity index (χ1n) is 5.68. The highest BCUT2D eigenvalue weighted by Crippen LogP contribution is 2.35. The fraction of sp³-hybridized carbons (Fsp3) is 0.286. The van der Waals surface area contributed by atoms with Crippen molar-refractivity contribution in [1.82, 2.24) is 0 Å². The molecule has 1 atom stereocenters. The zero-order valence-corrected chi connectivity index (χ0v) is 13.0. The summed E-state index contributed by atoms with van der Waals surface area (Å²) in [4.78, 5) is 1.09. The van der Waals surface area contributed by atoms with E-state index in [0.29, 0.717) is 0 Å². The van der Waals surface area contributed by atoms with Crippen molar-refractivity contribution < 1.29 is 4.39 Å². The topological polar surface area (TPSA) is 26.0 Å². The SMILES string of the molecule is Cc1cc(C(N)c2c(C)cc(F)cc2C)sc1Br. The lowest BCUT2D eigenvalue weighted by atomic mass is 9.95. The molecule has 0 aliphatic rings. The number of thiophene rings is 1. The van der Waals surface area contributed by atoms with Crippen LogP contribution in [-0.4, -0.2) is 0 Å². The molecule has 1 aromatic carbocycles. The second kappa shape index (κ2) is 5.11.